The van der Waals surface area contributed by atoms with Crippen molar-refractivity contribution in [1.29, 1.82) is 5.26 Å². The van der Waals surface area contributed by atoms with Crippen LogP contribution in [0.1, 0.15) is 16.7 Å². The first-order valence-corrected chi connectivity index (χ1v) is 11.1. The van der Waals surface area contributed by atoms with Gasteiger partial charge in [0.05, 0.1) is 31.5 Å². The Morgan fingerprint density at radius 2 is 1.68 bits per heavy atom. The number of nitriles is 1. The number of benzene rings is 2. The molecule has 0 saturated heterocycles. The summed E-state index contributed by atoms with van der Waals surface area (Å²) >= 11 is 0. The van der Waals surface area contributed by atoms with Crippen LogP contribution in [0.5, 0.6) is 11.5 Å². The molecule has 31 heavy (non-hydrogen) atoms. The molecule has 0 aliphatic carbocycles. The Hall–Kier alpha value is -3.41. The largest absolute Gasteiger partial charge is 0.493 e. The summed E-state index contributed by atoms with van der Waals surface area (Å²) in [5.41, 5.74) is 3.75. The lowest BCUT2D eigenvalue weighted by Gasteiger charge is -2.28. The summed E-state index contributed by atoms with van der Waals surface area (Å²) in [4.78, 5) is 4.41. The highest BCUT2D eigenvalue weighted by Gasteiger charge is 2.30. The molecule has 0 atom stereocenters. The van der Waals surface area contributed by atoms with E-state index in [0.29, 0.717) is 35.7 Å². The van der Waals surface area contributed by atoms with Crippen molar-refractivity contribution in [2.45, 2.75) is 18.0 Å². The standard InChI is InChI=1S/C23H21N3O4S/c1-29-21-12-18-10-11-26(15-19(18)13-22(21)30-2)31(27,28)23-5-3-4-20(25-23)17-8-6-16(14-24)7-9-17/h3-9,12-13H,10-11,15H2,1-2H3. The lowest BCUT2D eigenvalue weighted by Crippen LogP contribution is -2.36. The van der Waals surface area contributed by atoms with Crippen molar-refractivity contribution in [2.75, 3.05) is 20.8 Å². The SMILES string of the molecule is COc1cc2c(cc1OC)CN(S(=O)(=O)c1cccc(-c3ccc(C#N)cc3)n1)CC2. The molecule has 4 rings (SSSR count). The smallest absolute Gasteiger partial charge is 0.260 e. The second kappa shape index (κ2) is 8.38. The molecule has 0 radical (unpaired) electrons. The lowest BCUT2D eigenvalue weighted by atomic mass is 10.0. The lowest BCUT2D eigenvalue weighted by molar-refractivity contribution is 0.348. The third kappa shape index (κ3) is 3.98. The first-order chi connectivity index (χ1) is 15.0. The van der Waals surface area contributed by atoms with Crippen molar-refractivity contribution >= 4 is 10.0 Å². The average Bonchev–Trinajstić information content (AvgIpc) is 2.82. The molecule has 2 aromatic carbocycles. The van der Waals surface area contributed by atoms with Crippen molar-refractivity contribution in [2.24, 2.45) is 0 Å². The molecule has 0 N–H and O–H groups in total. The Morgan fingerprint density at radius 3 is 2.32 bits per heavy atom. The molecule has 0 fully saturated rings. The highest BCUT2D eigenvalue weighted by Crippen LogP contribution is 2.34. The molecule has 0 unspecified atom stereocenters. The quantitative estimate of drug-likeness (QED) is 0.610. The monoisotopic (exact) mass is 435 g/mol. The number of methoxy groups -OCH3 is 2. The fourth-order valence-corrected chi connectivity index (χ4v) is 5.00. The highest BCUT2D eigenvalue weighted by atomic mass is 32.2. The maximum atomic E-state index is 13.3. The summed E-state index contributed by atoms with van der Waals surface area (Å²) in [6, 6.07) is 17.6. The van der Waals surface area contributed by atoms with Gasteiger partial charge in [-0.2, -0.15) is 9.57 Å². The van der Waals surface area contributed by atoms with E-state index in [1.165, 1.54) is 10.4 Å². The average molecular weight is 436 g/mol. The van der Waals surface area contributed by atoms with Crippen LogP contribution in [0.25, 0.3) is 11.3 Å². The van der Waals surface area contributed by atoms with Gasteiger partial charge in [0.1, 0.15) is 0 Å². The van der Waals surface area contributed by atoms with Gasteiger partial charge in [-0.15, -0.1) is 0 Å². The summed E-state index contributed by atoms with van der Waals surface area (Å²) in [6.07, 6.45) is 0.574. The normalized spacial score (nSPS) is 13.8. The van der Waals surface area contributed by atoms with Gasteiger partial charge in [0, 0.05) is 18.7 Å². The molecular weight excluding hydrogens is 414 g/mol. The van der Waals surface area contributed by atoms with Crippen LogP contribution in [-0.2, 0) is 23.0 Å². The molecule has 0 bridgehead atoms. The number of pyridine rings is 1. The molecule has 7 nitrogen and oxygen atoms in total. The third-order valence-corrected chi connectivity index (χ3v) is 7.07. The molecule has 2 heterocycles. The Labute approximate surface area is 181 Å². The van der Waals surface area contributed by atoms with Crippen LogP contribution in [-0.4, -0.2) is 38.5 Å². The van der Waals surface area contributed by atoms with Crippen molar-refractivity contribution in [3.8, 4) is 28.8 Å². The molecule has 1 aliphatic heterocycles. The van der Waals surface area contributed by atoms with Gasteiger partial charge in [0.2, 0.25) is 0 Å². The van der Waals surface area contributed by atoms with E-state index in [9.17, 15) is 8.42 Å². The number of ether oxygens (including phenoxy) is 2. The molecular formula is C23H21N3O4S. The predicted molar refractivity (Wildman–Crippen MR) is 115 cm³/mol. The van der Waals surface area contributed by atoms with Gasteiger partial charge in [0.25, 0.3) is 10.0 Å². The van der Waals surface area contributed by atoms with Crippen molar-refractivity contribution < 1.29 is 17.9 Å². The van der Waals surface area contributed by atoms with Crippen molar-refractivity contribution in [1.82, 2.24) is 9.29 Å². The number of hydrogen-bond acceptors (Lipinski definition) is 6. The predicted octanol–water partition coefficient (Wildman–Crippen LogP) is 3.38. The maximum Gasteiger partial charge on any atom is 0.260 e. The number of hydrogen-bond donors (Lipinski definition) is 0. The highest BCUT2D eigenvalue weighted by molar-refractivity contribution is 7.89. The summed E-state index contributed by atoms with van der Waals surface area (Å²) in [5.74, 6) is 1.20. The second-order valence-corrected chi connectivity index (χ2v) is 9.00. The molecule has 8 heteroatoms. The van der Waals surface area contributed by atoms with Crippen molar-refractivity contribution in [3.63, 3.8) is 0 Å². The van der Waals surface area contributed by atoms with Crippen molar-refractivity contribution in [3.05, 3.63) is 71.3 Å². The van der Waals surface area contributed by atoms with Crippen LogP contribution in [0, 0.1) is 11.3 Å². The van der Waals surface area contributed by atoms with Gasteiger partial charge in [0.15, 0.2) is 16.5 Å². The van der Waals surface area contributed by atoms with E-state index in [0.717, 1.165) is 16.7 Å². The van der Waals surface area contributed by atoms with Crippen LogP contribution in [0.3, 0.4) is 0 Å². The first kappa shape index (κ1) is 20.8. The van der Waals surface area contributed by atoms with Crippen LogP contribution in [0.15, 0.2) is 59.6 Å². The zero-order valence-electron chi connectivity index (χ0n) is 17.2. The Bertz CT molecular complexity index is 1260. The number of aromatic nitrogens is 1. The van der Waals surface area contributed by atoms with E-state index in [2.05, 4.69) is 11.1 Å². The van der Waals surface area contributed by atoms with Crippen LogP contribution in [0.2, 0.25) is 0 Å². The Morgan fingerprint density at radius 1 is 1.00 bits per heavy atom. The Kier molecular flexibility index (Phi) is 5.63. The van der Waals surface area contributed by atoms with E-state index < -0.39 is 10.0 Å². The first-order valence-electron chi connectivity index (χ1n) is 9.68. The minimum absolute atomic E-state index is 0.00159. The van der Waals surface area contributed by atoms with Crippen LogP contribution >= 0.6 is 0 Å². The Balaban J connectivity index is 1.64. The summed E-state index contributed by atoms with van der Waals surface area (Å²) < 4.78 is 38.8. The van der Waals surface area contributed by atoms with E-state index in [-0.39, 0.29) is 11.6 Å². The fraction of sp³-hybridized carbons (Fsp3) is 0.217. The molecule has 0 spiro atoms. The zero-order valence-corrected chi connectivity index (χ0v) is 18.0. The number of fused-ring (bicyclic) bond motifs is 1. The summed E-state index contributed by atoms with van der Waals surface area (Å²) in [7, 11) is -0.650. The van der Waals surface area contributed by atoms with Gasteiger partial charge in [-0.3, -0.25) is 0 Å². The van der Waals surface area contributed by atoms with Gasteiger partial charge < -0.3 is 9.47 Å². The fourth-order valence-electron chi connectivity index (χ4n) is 3.63. The number of rotatable bonds is 5. The summed E-state index contributed by atoms with van der Waals surface area (Å²) in [6.45, 7) is 0.592. The third-order valence-electron chi connectivity index (χ3n) is 5.32. The topological polar surface area (TPSA) is 92.5 Å². The number of nitrogens with zero attached hydrogens (tertiary/aromatic N) is 3. The molecule has 0 saturated carbocycles. The zero-order chi connectivity index (χ0) is 22.0. The summed E-state index contributed by atoms with van der Waals surface area (Å²) in [5, 5.41) is 8.96. The van der Waals surface area contributed by atoms with E-state index in [4.69, 9.17) is 14.7 Å². The molecule has 1 aliphatic rings. The maximum absolute atomic E-state index is 13.3. The van der Waals surface area contributed by atoms with E-state index in [1.807, 2.05) is 12.1 Å². The van der Waals surface area contributed by atoms with E-state index >= 15 is 0 Å². The molecule has 1 aromatic heterocycles. The molecule has 3 aromatic rings. The van der Waals surface area contributed by atoms with Crippen LogP contribution in [0.4, 0.5) is 0 Å². The van der Waals surface area contributed by atoms with Gasteiger partial charge >= 0.3 is 0 Å². The minimum atomic E-state index is -3.79. The van der Waals surface area contributed by atoms with Gasteiger partial charge in [-0.1, -0.05) is 18.2 Å². The number of sulfonamides is 1. The van der Waals surface area contributed by atoms with E-state index in [1.54, 1.807) is 50.6 Å². The molecule has 158 valence electrons. The molecule has 0 amide bonds. The minimum Gasteiger partial charge on any atom is -0.493 e. The van der Waals surface area contributed by atoms with Gasteiger partial charge in [-0.05, 0) is 53.9 Å². The second-order valence-electron chi connectivity index (χ2n) is 7.11. The van der Waals surface area contributed by atoms with Gasteiger partial charge in [-0.25, -0.2) is 13.4 Å². The van der Waals surface area contributed by atoms with Crippen LogP contribution < -0.4 is 9.47 Å².